The van der Waals surface area contributed by atoms with Crippen LogP contribution in [0.2, 0.25) is 0 Å². The number of likely N-dealkylation sites (tertiary alicyclic amines) is 1. The zero-order valence-corrected chi connectivity index (χ0v) is 15.2. The molecule has 1 aliphatic heterocycles. The molecule has 6 nitrogen and oxygen atoms in total. The Kier molecular flexibility index (Phi) is 6.77. The molecular formula is C16H28N4O2S. The molecule has 0 aromatic carbocycles. The van der Waals surface area contributed by atoms with Crippen LogP contribution in [0.3, 0.4) is 0 Å². The summed E-state index contributed by atoms with van der Waals surface area (Å²) in [6.07, 6.45) is 3.72. The molecule has 0 bridgehead atoms. The number of nitrogens with zero attached hydrogens (tertiary/aromatic N) is 3. The number of ether oxygens (including phenoxy) is 1. The van der Waals surface area contributed by atoms with E-state index in [4.69, 9.17) is 17.0 Å². The van der Waals surface area contributed by atoms with E-state index in [1.807, 2.05) is 16.4 Å². The first-order valence-electron chi connectivity index (χ1n) is 8.63. The standard InChI is InChI=1S/C16H28N4O2S/c1-4-6-10-22-12(3)15(21)19-9-7-8-13(11-19)14-17-18-16(23)20(14)5-2/h12-13H,4-11H2,1-3H3,(H,18,23)/t12-,13+/m0/s1. The number of unbranched alkanes of at least 4 members (excludes halogenated alkanes) is 1. The summed E-state index contributed by atoms with van der Waals surface area (Å²) in [6.45, 7) is 8.97. The number of carbonyl (C=O) groups is 1. The lowest BCUT2D eigenvalue weighted by molar-refractivity contribution is -0.144. The van der Waals surface area contributed by atoms with Gasteiger partial charge in [-0.15, -0.1) is 0 Å². The Bertz CT molecular complexity index is 569. The van der Waals surface area contributed by atoms with E-state index in [0.717, 1.165) is 44.6 Å². The predicted octanol–water partition coefficient (Wildman–Crippen LogP) is 2.87. The maximum Gasteiger partial charge on any atom is 0.251 e. The summed E-state index contributed by atoms with van der Waals surface area (Å²) in [7, 11) is 0. The van der Waals surface area contributed by atoms with Gasteiger partial charge in [-0.1, -0.05) is 13.3 Å². The summed E-state index contributed by atoms with van der Waals surface area (Å²) in [4.78, 5) is 14.5. The Labute approximate surface area is 143 Å². The van der Waals surface area contributed by atoms with Crippen molar-refractivity contribution in [3.8, 4) is 0 Å². The molecular weight excluding hydrogens is 312 g/mol. The van der Waals surface area contributed by atoms with Crippen LogP contribution in [0.5, 0.6) is 0 Å². The third kappa shape index (κ3) is 4.41. The number of piperidine rings is 1. The highest BCUT2D eigenvalue weighted by atomic mass is 32.1. The zero-order chi connectivity index (χ0) is 16.8. The van der Waals surface area contributed by atoms with E-state index < -0.39 is 0 Å². The lowest BCUT2D eigenvalue weighted by Gasteiger charge is -2.33. The number of H-pyrrole nitrogens is 1. The molecule has 2 atom stereocenters. The van der Waals surface area contributed by atoms with E-state index >= 15 is 0 Å². The second-order valence-corrected chi connectivity index (χ2v) is 6.51. The fourth-order valence-corrected chi connectivity index (χ4v) is 3.34. The second kappa shape index (κ2) is 8.59. The number of nitrogens with one attached hydrogen (secondary N) is 1. The molecule has 0 unspecified atom stereocenters. The van der Waals surface area contributed by atoms with Crippen molar-refractivity contribution in [2.45, 2.75) is 65.0 Å². The van der Waals surface area contributed by atoms with Crippen LogP contribution in [0.1, 0.15) is 58.2 Å². The first-order chi connectivity index (χ1) is 11.1. The average Bonchev–Trinajstić information content (AvgIpc) is 2.95. The number of aromatic amines is 1. The highest BCUT2D eigenvalue weighted by Crippen LogP contribution is 2.26. The zero-order valence-electron chi connectivity index (χ0n) is 14.4. The van der Waals surface area contributed by atoms with E-state index in [1.54, 1.807) is 0 Å². The molecule has 1 aromatic rings. The van der Waals surface area contributed by atoms with Crippen molar-refractivity contribution >= 4 is 18.1 Å². The van der Waals surface area contributed by atoms with Gasteiger partial charge in [0.25, 0.3) is 5.91 Å². The Morgan fingerprint density at radius 1 is 1.52 bits per heavy atom. The second-order valence-electron chi connectivity index (χ2n) is 6.12. The number of rotatable bonds is 7. The largest absolute Gasteiger partial charge is 0.369 e. The first-order valence-corrected chi connectivity index (χ1v) is 9.04. The van der Waals surface area contributed by atoms with E-state index in [-0.39, 0.29) is 17.9 Å². The molecule has 1 amide bonds. The van der Waals surface area contributed by atoms with Crippen LogP contribution in [0, 0.1) is 4.77 Å². The van der Waals surface area contributed by atoms with Gasteiger partial charge in [-0.3, -0.25) is 9.89 Å². The third-order valence-electron chi connectivity index (χ3n) is 4.42. The molecule has 7 heteroatoms. The fourth-order valence-electron chi connectivity index (χ4n) is 3.07. The summed E-state index contributed by atoms with van der Waals surface area (Å²) in [5.41, 5.74) is 0. The predicted molar refractivity (Wildman–Crippen MR) is 92.0 cm³/mol. The van der Waals surface area contributed by atoms with Gasteiger partial charge in [0.2, 0.25) is 0 Å². The molecule has 1 aromatic heterocycles. The Hall–Kier alpha value is -1.21. The Morgan fingerprint density at radius 2 is 2.30 bits per heavy atom. The summed E-state index contributed by atoms with van der Waals surface area (Å²) in [5.74, 6) is 1.29. The quantitative estimate of drug-likeness (QED) is 0.612. The maximum atomic E-state index is 12.6. The molecule has 0 aliphatic carbocycles. The summed E-state index contributed by atoms with van der Waals surface area (Å²) < 4.78 is 8.33. The molecule has 2 rings (SSSR count). The molecule has 1 saturated heterocycles. The SMILES string of the molecule is CCCCO[C@@H](C)C(=O)N1CCC[C@@H](c2n[nH]c(=S)n2CC)C1. The van der Waals surface area contributed by atoms with E-state index in [0.29, 0.717) is 17.9 Å². The third-order valence-corrected chi connectivity index (χ3v) is 4.73. The van der Waals surface area contributed by atoms with Crippen molar-refractivity contribution < 1.29 is 9.53 Å². The number of hydrogen-bond donors (Lipinski definition) is 1. The summed E-state index contributed by atoms with van der Waals surface area (Å²) >= 11 is 5.27. The number of hydrogen-bond acceptors (Lipinski definition) is 4. The molecule has 1 aliphatic rings. The number of aromatic nitrogens is 3. The topological polar surface area (TPSA) is 63.1 Å². The van der Waals surface area contributed by atoms with Gasteiger partial charge in [0.15, 0.2) is 4.77 Å². The van der Waals surface area contributed by atoms with Crippen LogP contribution in [0.25, 0.3) is 0 Å². The lowest BCUT2D eigenvalue weighted by Crippen LogP contribution is -2.44. The minimum atomic E-state index is -0.368. The fraction of sp³-hybridized carbons (Fsp3) is 0.812. The molecule has 23 heavy (non-hydrogen) atoms. The van der Waals surface area contributed by atoms with Crippen molar-refractivity contribution in [1.82, 2.24) is 19.7 Å². The number of carbonyl (C=O) groups excluding carboxylic acids is 1. The van der Waals surface area contributed by atoms with E-state index in [9.17, 15) is 4.79 Å². The molecule has 0 saturated carbocycles. The van der Waals surface area contributed by atoms with Gasteiger partial charge < -0.3 is 14.2 Å². The van der Waals surface area contributed by atoms with E-state index in [1.165, 1.54) is 0 Å². The van der Waals surface area contributed by atoms with Crippen LogP contribution in [-0.2, 0) is 16.1 Å². The van der Waals surface area contributed by atoms with Crippen LogP contribution < -0.4 is 0 Å². The normalized spacial score (nSPS) is 19.8. The molecule has 0 spiro atoms. The lowest BCUT2D eigenvalue weighted by atomic mass is 9.96. The highest BCUT2D eigenvalue weighted by Gasteiger charge is 2.30. The molecule has 130 valence electrons. The van der Waals surface area contributed by atoms with Crippen LogP contribution in [-0.4, -0.2) is 51.4 Å². The van der Waals surface area contributed by atoms with Gasteiger partial charge in [-0.2, -0.15) is 5.10 Å². The van der Waals surface area contributed by atoms with Crippen molar-refractivity contribution in [2.24, 2.45) is 0 Å². The van der Waals surface area contributed by atoms with Gasteiger partial charge in [0.05, 0.1) is 0 Å². The smallest absolute Gasteiger partial charge is 0.251 e. The van der Waals surface area contributed by atoms with Crippen molar-refractivity contribution in [1.29, 1.82) is 0 Å². The average molecular weight is 340 g/mol. The molecule has 2 heterocycles. The van der Waals surface area contributed by atoms with Crippen molar-refractivity contribution in [2.75, 3.05) is 19.7 Å². The Balaban J connectivity index is 2.00. The van der Waals surface area contributed by atoms with Gasteiger partial charge in [0.1, 0.15) is 11.9 Å². The van der Waals surface area contributed by atoms with Crippen LogP contribution >= 0.6 is 12.2 Å². The van der Waals surface area contributed by atoms with Crippen molar-refractivity contribution in [3.05, 3.63) is 10.6 Å². The minimum Gasteiger partial charge on any atom is -0.369 e. The highest BCUT2D eigenvalue weighted by molar-refractivity contribution is 7.71. The number of amides is 1. The Morgan fingerprint density at radius 3 is 3.00 bits per heavy atom. The van der Waals surface area contributed by atoms with Gasteiger partial charge in [-0.25, -0.2) is 0 Å². The van der Waals surface area contributed by atoms with Crippen molar-refractivity contribution in [3.63, 3.8) is 0 Å². The van der Waals surface area contributed by atoms with Gasteiger partial charge in [0, 0.05) is 32.2 Å². The minimum absolute atomic E-state index is 0.0861. The summed E-state index contributed by atoms with van der Waals surface area (Å²) in [6, 6.07) is 0. The molecule has 1 fully saturated rings. The first kappa shape index (κ1) is 18.1. The maximum absolute atomic E-state index is 12.6. The molecule has 0 radical (unpaired) electrons. The molecule has 1 N–H and O–H groups in total. The van der Waals surface area contributed by atoms with Gasteiger partial charge >= 0.3 is 0 Å². The monoisotopic (exact) mass is 340 g/mol. The van der Waals surface area contributed by atoms with Gasteiger partial charge in [-0.05, 0) is 45.3 Å². The van der Waals surface area contributed by atoms with Crippen LogP contribution in [0.4, 0.5) is 0 Å². The van der Waals surface area contributed by atoms with Crippen LogP contribution in [0.15, 0.2) is 0 Å². The summed E-state index contributed by atoms with van der Waals surface area (Å²) in [5, 5.41) is 7.26. The van der Waals surface area contributed by atoms with E-state index in [2.05, 4.69) is 24.0 Å².